The second-order valence-electron chi connectivity index (χ2n) is 3.42. The Morgan fingerprint density at radius 1 is 1.06 bits per heavy atom. The lowest BCUT2D eigenvalue weighted by molar-refractivity contribution is 0.121. The molecule has 0 aliphatic heterocycles. The van der Waals surface area contributed by atoms with Crippen LogP contribution in [0.15, 0.2) is 0 Å². The van der Waals surface area contributed by atoms with Gasteiger partial charge in [0.2, 0.25) is 0 Å². The minimum atomic E-state index is 0.253. The van der Waals surface area contributed by atoms with E-state index in [1.165, 1.54) is 0 Å². The number of methoxy groups -OCH3 is 2. The fourth-order valence-corrected chi connectivity index (χ4v) is 2.05. The third-order valence-corrected chi connectivity index (χ3v) is 3.03. The zero-order valence-corrected chi connectivity index (χ0v) is 10.6. The Kier molecular flexibility index (Phi) is 4.41. The molecule has 0 heterocycles. The van der Waals surface area contributed by atoms with E-state index in [9.17, 15) is 0 Å². The first kappa shape index (κ1) is 13.1. The molecule has 0 aliphatic carbocycles. The van der Waals surface area contributed by atoms with Gasteiger partial charge in [-0.15, -0.1) is 0 Å². The standard InChI is InChI=1S/C11H16ClNO3/c1-6-8(5-16-13)10(14-3)7(2)9(12)11(6)15-4/h5,13H2,1-4H3. The molecule has 0 fully saturated rings. The number of hydrogen-bond donors (Lipinski definition) is 1. The summed E-state index contributed by atoms with van der Waals surface area (Å²) in [6, 6.07) is 0. The number of benzene rings is 1. The lowest BCUT2D eigenvalue weighted by Crippen LogP contribution is -2.06. The summed E-state index contributed by atoms with van der Waals surface area (Å²) < 4.78 is 10.6. The summed E-state index contributed by atoms with van der Waals surface area (Å²) in [6.07, 6.45) is 0. The van der Waals surface area contributed by atoms with Gasteiger partial charge >= 0.3 is 0 Å². The van der Waals surface area contributed by atoms with E-state index in [0.29, 0.717) is 16.5 Å². The highest BCUT2D eigenvalue weighted by Gasteiger charge is 2.19. The Labute approximate surface area is 100 Å². The van der Waals surface area contributed by atoms with Crippen molar-refractivity contribution in [2.45, 2.75) is 20.5 Å². The van der Waals surface area contributed by atoms with Gasteiger partial charge < -0.3 is 9.47 Å². The zero-order valence-electron chi connectivity index (χ0n) is 9.89. The van der Waals surface area contributed by atoms with Crippen LogP contribution in [0, 0.1) is 13.8 Å². The highest BCUT2D eigenvalue weighted by molar-refractivity contribution is 6.33. The van der Waals surface area contributed by atoms with E-state index < -0.39 is 0 Å². The van der Waals surface area contributed by atoms with E-state index in [0.717, 1.165) is 16.7 Å². The molecule has 0 amide bonds. The molecular formula is C11H16ClNO3. The summed E-state index contributed by atoms with van der Waals surface area (Å²) in [5, 5.41) is 0.553. The summed E-state index contributed by atoms with van der Waals surface area (Å²) in [7, 11) is 3.16. The van der Waals surface area contributed by atoms with Crippen molar-refractivity contribution in [3.05, 3.63) is 21.7 Å². The maximum absolute atomic E-state index is 6.18. The molecule has 0 spiro atoms. The minimum Gasteiger partial charge on any atom is -0.496 e. The van der Waals surface area contributed by atoms with Crippen LogP contribution in [0.5, 0.6) is 11.5 Å². The van der Waals surface area contributed by atoms with Crippen LogP contribution in [0.1, 0.15) is 16.7 Å². The fraction of sp³-hybridized carbons (Fsp3) is 0.455. The van der Waals surface area contributed by atoms with Gasteiger partial charge in [0.05, 0.1) is 25.8 Å². The Balaban J connectivity index is 3.50. The van der Waals surface area contributed by atoms with Crippen LogP contribution >= 0.6 is 11.6 Å². The topological polar surface area (TPSA) is 53.7 Å². The number of halogens is 1. The molecular weight excluding hydrogens is 230 g/mol. The Morgan fingerprint density at radius 2 is 1.62 bits per heavy atom. The van der Waals surface area contributed by atoms with Crippen LogP contribution in [0.25, 0.3) is 0 Å². The first-order valence-electron chi connectivity index (χ1n) is 4.79. The van der Waals surface area contributed by atoms with Gasteiger partial charge in [0.15, 0.2) is 0 Å². The van der Waals surface area contributed by atoms with Crippen molar-refractivity contribution in [2.75, 3.05) is 14.2 Å². The van der Waals surface area contributed by atoms with Crippen LogP contribution in [0.4, 0.5) is 0 Å². The van der Waals surface area contributed by atoms with Gasteiger partial charge in [0.1, 0.15) is 11.5 Å². The van der Waals surface area contributed by atoms with E-state index >= 15 is 0 Å². The maximum atomic E-state index is 6.18. The second-order valence-corrected chi connectivity index (χ2v) is 3.80. The summed E-state index contributed by atoms with van der Waals surface area (Å²) in [5.41, 5.74) is 2.54. The third kappa shape index (κ3) is 2.09. The molecule has 0 unspecified atom stereocenters. The average Bonchev–Trinajstić information content (AvgIpc) is 2.27. The smallest absolute Gasteiger partial charge is 0.141 e. The summed E-state index contributed by atoms with van der Waals surface area (Å²) >= 11 is 6.18. The van der Waals surface area contributed by atoms with Crippen molar-refractivity contribution in [1.82, 2.24) is 0 Å². The predicted octanol–water partition coefficient (Wildman–Crippen LogP) is 2.36. The van der Waals surface area contributed by atoms with Gasteiger partial charge in [-0.25, -0.2) is 5.90 Å². The number of rotatable bonds is 4. The molecule has 0 atom stereocenters. The van der Waals surface area contributed by atoms with Gasteiger partial charge in [0.25, 0.3) is 0 Å². The molecule has 0 saturated heterocycles. The highest BCUT2D eigenvalue weighted by Crippen LogP contribution is 2.41. The third-order valence-electron chi connectivity index (χ3n) is 2.57. The van der Waals surface area contributed by atoms with Crippen LogP contribution in [0.2, 0.25) is 5.02 Å². The molecule has 0 saturated carbocycles. The quantitative estimate of drug-likeness (QED) is 0.828. The van der Waals surface area contributed by atoms with Gasteiger partial charge in [0, 0.05) is 16.7 Å². The van der Waals surface area contributed by atoms with Crippen LogP contribution < -0.4 is 15.4 Å². The summed E-state index contributed by atoms with van der Waals surface area (Å²) in [6.45, 7) is 4.01. The lowest BCUT2D eigenvalue weighted by Gasteiger charge is -2.18. The SMILES string of the molecule is COc1c(C)c(CON)c(OC)c(C)c1Cl. The molecule has 90 valence electrons. The van der Waals surface area contributed by atoms with Crippen molar-refractivity contribution in [3.8, 4) is 11.5 Å². The molecule has 0 aromatic heterocycles. The maximum Gasteiger partial charge on any atom is 0.141 e. The Bertz CT molecular complexity index is 394. The molecule has 1 aromatic carbocycles. The monoisotopic (exact) mass is 245 g/mol. The molecule has 1 aromatic rings. The molecule has 1 rings (SSSR count). The minimum absolute atomic E-state index is 0.253. The van der Waals surface area contributed by atoms with Crippen molar-refractivity contribution >= 4 is 11.6 Å². The van der Waals surface area contributed by atoms with Crippen molar-refractivity contribution in [3.63, 3.8) is 0 Å². The second kappa shape index (κ2) is 5.39. The first-order valence-corrected chi connectivity index (χ1v) is 5.17. The van der Waals surface area contributed by atoms with Gasteiger partial charge in [-0.1, -0.05) is 11.6 Å². The van der Waals surface area contributed by atoms with Crippen molar-refractivity contribution < 1.29 is 14.3 Å². The Hall–Kier alpha value is -0.970. The first-order chi connectivity index (χ1) is 7.58. The van der Waals surface area contributed by atoms with Gasteiger partial charge in [-0.3, -0.25) is 4.84 Å². The van der Waals surface area contributed by atoms with E-state index in [4.69, 9.17) is 27.0 Å². The van der Waals surface area contributed by atoms with E-state index in [1.54, 1.807) is 14.2 Å². The molecule has 2 N–H and O–H groups in total. The zero-order chi connectivity index (χ0) is 12.3. The van der Waals surface area contributed by atoms with Crippen molar-refractivity contribution in [2.24, 2.45) is 5.90 Å². The van der Waals surface area contributed by atoms with Crippen molar-refractivity contribution in [1.29, 1.82) is 0 Å². The molecule has 5 heteroatoms. The van der Waals surface area contributed by atoms with E-state index in [1.807, 2.05) is 13.8 Å². The molecule has 16 heavy (non-hydrogen) atoms. The Morgan fingerprint density at radius 3 is 2.06 bits per heavy atom. The molecule has 0 aliphatic rings. The number of hydrogen-bond acceptors (Lipinski definition) is 4. The van der Waals surface area contributed by atoms with Gasteiger partial charge in [-0.2, -0.15) is 0 Å². The molecule has 0 radical (unpaired) electrons. The lowest BCUT2D eigenvalue weighted by atomic mass is 10.0. The van der Waals surface area contributed by atoms with E-state index in [2.05, 4.69) is 4.84 Å². The van der Waals surface area contributed by atoms with Crippen LogP contribution in [-0.4, -0.2) is 14.2 Å². The van der Waals surface area contributed by atoms with Crippen LogP contribution in [0.3, 0.4) is 0 Å². The summed E-state index contributed by atoms with van der Waals surface area (Å²) in [4.78, 5) is 4.67. The normalized spacial score (nSPS) is 10.4. The molecule has 4 nitrogen and oxygen atoms in total. The van der Waals surface area contributed by atoms with Crippen LogP contribution in [-0.2, 0) is 11.4 Å². The largest absolute Gasteiger partial charge is 0.496 e. The summed E-state index contributed by atoms with van der Waals surface area (Å²) in [5.74, 6) is 6.42. The van der Waals surface area contributed by atoms with Gasteiger partial charge in [-0.05, 0) is 13.8 Å². The molecule has 0 bridgehead atoms. The average molecular weight is 246 g/mol. The number of nitrogens with two attached hydrogens (primary N) is 1. The van der Waals surface area contributed by atoms with E-state index in [-0.39, 0.29) is 6.61 Å². The predicted molar refractivity (Wildman–Crippen MR) is 63.0 cm³/mol. The number of ether oxygens (including phenoxy) is 2. The fourth-order valence-electron chi connectivity index (χ4n) is 1.74. The highest BCUT2D eigenvalue weighted by atomic mass is 35.5.